The Morgan fingerprint density at radius 1 is 0.947 bits per heavy atom. The van der Waals surface area contributed by atoms with Gasteiger partial charge in [-0.15, -0.1) is 0 Å². The third-order valence-electron chi connectivity index (χ3n) is 3.74. The van der Waals surface area contributed by atoms with Crippen molar-refractivity contribution in [3.05, 3.63) is 11.6 Å². The molecule has 0 fully saturated rings. The lowest BCUT2D eigenvalue weighted by molar-refractivity contribution is -0.116. The van der Waals surface area contributed by atoms with Gasteiger partial charge in [0, 0.05) is 6.42 Å². The van der Waals surface area contributed by atoms with Crippen LogP contribution in [0.2, 0.25) is 0 Å². The highest BCUT2D eigenvalue weighted by atomic mass is 16.1. The van der Waals surface area contributed by atoms with Crippen molar-refractivity contribution in [2.45, 2.75) is 86.0 Å². The Balaban J connectivity index is 3.57. The average Bonchev–Trinajstić information content (AvgIpc) is 2.27. The largest absolute Gasteiger partial charge is 0.300 e. The van der Waals surface area contributed by atoms with Gasteiger partial charge in [0.2, 0.25) is 0 Å². The second kappa shape index (κ2) is 11.3. The van der Waals surface area contributed by atoms with Crippen LogP contribution in [0.15, 0.2) is 11.6 Å². The van der Waals surface area contributed by atoms with Crippen LogP contribution < -0.4 is 0 Å². The van der Waals surface area contributed by atoms with E-state index in [2.05, 4.69) is 33.8 Å². The van der Waals surface area contributed by atoms with Crippen LogP contribution in [0.5, 0.6) is 0 Å². The molecule has 0 heterocycles. The van der Waals surface area contributed by atoms with Gasteiger partial charge in [0.05, 0.1) is 0 Å². The van der Waals surface area contributed by atoms with E-state index in [0.29, 0.717) is 12.2 Å². The first-order valence-electron chi connectivity index (χ1n) is 8.06. The van der Waals surface area contributed by atoms with E-state index >= 15 is 0 Å². The van der Waals surface area contributed by atoms with E-state index in [4.69, 9.17) is 0 Å². The zero-order valence-corrected chi connectivity index (χ0v) is 13.8. The van der Waals surface area contributed by atoms with E-state index in [1.807, 2.05) is 0 Å². The first kappa shape index (κ1) is 18.4. The normalized spacial score (nSPS) is 13.9. The molecule has 0 amide bonds. The van der Waals surface area contributed by atoms with Gasteiger partial charge in [-0.2, -0.15) is 0 Å². The summed E-state index contributed by atoms with van der Waals surface area (Å²) < 4.78 is 0. The first-order chi connectivity index (χ1) is 8.91. The van der Waals surface area contributed by atoms with E-state index in [1.165, 1.54) is 44.1 Å². The predicted octanol–water partition coefficient (Wildman–Crippen LogP) is 5.93. The summed E-state index contributed by atoms with van der Waals surface area (Å²) >= 11 is 0. The van der Waals surface area contributed by atoms with Gasteiger partial charge in [-0.25, -0.2) is 0 Å². The summed E-state index contributed by atoms with van der Waals surface area (Å²) in [5, 5.41) is 0. The van der Waals surface area contributed by atoms with Gasteiger partial charge in [0.15, 0.2) is 0 Å². The van der Waals surface area contributed by atoms with E-state index in [0.717, 1.165) is 18.3 Å². The summed E-state index contributed by atoms with van der Waals surface area (Å²) in [5.41, 5.74) is 1.45. The minimum absolute atomic E-state index is 0.294. The second-order valence-electron chi connectivity index (χ2n) is 6.61. The molecule has 0 bridgehead atoms. The van der Waals surface area contributed by atoms with Crippen molar-refractivity contribution in [3.8, 4) is 0 Å². The molecule has 0 saturated carbocycles. The Morgan fingerprint density at radius 2 is 1.58 bits per heavy atom. The van der Waals surface area contributed by atoms with Crippen molar-refractivity contribution in [1.29, 1.82) is 0 Å². The molecule has 0 spiro atoms. The fourth-order valence-corrected chi connectivity index (χ4v) is 2.37. The molecule has 0 aromatic carbocycles. The SMILES string of the molecule is CC(=O)CC/C=C(/C)CCC[C@H](C)CCCC(C)C. The van der Waals surface area contributed by atoms with Gasteiger partial charge in [-0.05, 0) is 44.9 Å². The number of carbonyl (C=O) groups excluding carboxylic acids is 1. The summed E-state index contributed by atoms with van der Waals surface area (Å²) in [6.07, 6.45) is 11.8. The molecule has 0 aliphatic heterocycles. The predicted molar refractivity (Wildman–Crippen MR) is 85.4 cm³/mol. The minimum Gasteiger partial charge on any atom is -0.300 e. The Bertz CT molecular complexity index is 263. The quantitative estimate of drug-likeness (QED) is 0.423. The lowest BCUT2D eigenvalue weighted by Crippen LogP contribution is -1.97. The molecule has 1 atom stereocenters. The minimum atomic E-state index is 0.294. The van der Waals surface area contributed by atoms with Gasteiger partial charge in [0.25, 0.3) is 0 Å². The third kappa shape index (κ3) is 13.6. The number of carbonyl (C=O) groups is 1. The van der Waals surface area contributed by atoms with Crippen LogP contribution in [0.3, 0.4) is 0 Å². The Morgan fingerprint density at radius 3 is 2.16 bits per heavy atom. The molecule has 0 saturated heterocycles. The van der Waals surface area contributed by atoms with Gasteiger partial charge in [-0.3, -0.25) is 0 Å². The lowest BCUT2D eigenvalue weighted by atomic mass is 9.94. The summed E-state index contributed by atoms with van der Waals surface area (Å²) in [5.74, 6) is 2.00. The molecule has 0 aromatic rings. The van der Waals surface area contributed by atoms with Crippen LogP contribution >= 0.6 is 0 Å². The molecule has 0 N–H and O–H groups in total. The maximum Gasteiger partial charge on any atom is 0.130 e. The molecule has 0 unspecified atom stereocenters. The maximum absolute atomic E-state index is 10.8. The highest BCUT2D eigenvalue weighted by molar-refractivity contribution is 5.75. The topological polar surface area (TPSA) is 17.1 Å². The molecule has 112 valence electrons. The summed E-state index contributed by atoms with van der Waals surface area (Å²) in [4.78, 5) is 10.8. The van der Waals surface area contributed by atoms with Crippen molar-refractivity contribution in [1.82, 2.24) is 0 Å². The molecule has 0 aliphatic carbocycles. The van der Waals surface area contributed by atoms with E-state index in [1.54, 1.807) is 6.92 Å². The van der Waals surface area contributed by atoms with E-state index < -0.39 is 0 Å². The smallest absolute Gasteiger partial charge is 0.130 e. The van der Waals surface area contributed by atoms with Gasteiger partial charge >= 0.3 is 0 Å². The average molecular weight is 266 g/mol. The lowest BCUT2D eigenvalue weighted by Gasteiger charge is -2.12. The van der Waals surface area contributed by atoms with Crippen molar-refractivity contribution in [3.63, 3.8) is 0 Å². The van der Waals surface area contributed by atoms with Gasteiger partial charge < -0.3 is 4.79 Å². The standard InChI is InChI=1S/C18H34O/c1-15(2)9-6-10-16(3)11-7-12-17(4)13-8-14-18(5)19/h13,15-16H,6-12,14H2,1-5H3/b17-13-/t16-/m1/s1. The van der Waals surface area contributed by atoms with Crippen LogP contribution in [-0.4, -0.2) is 5.78 Å². The van der Waals surface area contributed by atoms with Crippen LogP contribution in [0, 0.1) is 11.8 Å². The fraction of sp³-hybridized carbons (Fsp3) is 0.833. The van der Waals surface area contributed by atoms with Gasteiger partial charge in [-0.1, -0.05) is 58.1 Å². The van der Waals surface area contributed by atoms with Crippen LogP contribution in [0.25, 0.3) is 0 Å². The van der Waals surface area contributed by atoms with Crippen LogP contribution in [0.1, 0.15) is 86.0 Å². The summed E-state index contributed by atoms with van der Waals surface area (Å²) in [7, 11) is 0. The van der Waals surface area contributed by atoms with Crippen molar-refractivity contribution < 1.29 is 4.79 Å². The van der Waals surface area contributed by atoms with E-state index in [-0.39, 0.29) is 0 Å². The molecule has 0 radical (unpaired) electrons. The maximum atomic E-state index is 10.8. The molecular formula is C18H34O. The van der Waals surface area contributed by atoms with Crippen molar-refractivity contribution in [2.75, 3.05) is 0 Å². The van der Waals surface area contributed by atoms with Crippen molar-refractivity contribution in [2.24, 2.45) is 11.8 Å². The second-order valence-corrected chi connectivity index (χ2v) is 6.61. The number of ketones is 1. The number of Topliss-reactive ketones (excluding diaryl/α,β-unsaturated/α-hetero) is 1. The van der Waals surface area contributed by atoms with Gasteiger partial charge in [0.1, 0.15) is 5.78 Å². The molecule has 1 nitrogen and oxygen atoms in total. The fourth-order valence-electron chi connectivity index (χ4n) is 2.37. The van der Waals surface area contributed by atoms with Crippen molar-refractivity contribution >= 4 is 5.78 Å². The van der Waals surface area contributed by atoms with Crippen LogP contribution in [-0.2, 0) is 4.79 Å². The van der Waals surface area contributed by atoms with Crippen LogP contribution in [0.4, 0.5) is 0 Å². The molecule has 19 heavy (non-hydrogen) atoms. The third-order valence-corrected chi connectivity index (χ3v) is 3.74. The highest BCUT2D eigenvalue weighted by Gasteiger charge is 2.03. The Kier molecular flexibility index (Phi) is 10.9. The number of allylic oxidation sites excluding steroid dienone is 2. The molecular weight excluding hydrogens is 232 g/mol. The number of hydrogen-bond acceptors (Lipinski definition) is 1. The Labute approximate surface area is 120 Å². The highest BCUT2D eigenvalue weighted by Crippen LogP contribution is 2.19. The zero-order valence-electron chi connectivity index (χ0n) is 13.8. The van der Waals surface area contributed by atoms with E-state index in [9.17, 15) is 4.79 Å². The zero-order chi connectivity index (χ0) is 14.7. The molecule has 0 rings (SSSR count). The molecule has 0 aliphatic rings. The molecule has 1 heteroatoms. The monoisotopic (exact) mass is 266 g/mol. The number of hydrogen-bond donors (Lipinski definition) is 0. The first-order valence-corrected chi connectivity index (χ1v) is 8.06. The number of rotatable bonds is 11. The summed E-state index contributed by atoms with van der Waals surface area (Å²) in [6.45, 7) is 10.9. The molecule has 0 aromatic heterocycles. The summed E-state index contributed by atoms with van der Waals surface area (Å²) in [6, 6.07) is 0. The Hall–Kier alpha value is -0.590.